The predicted octanol–water partition coefficient (Wildman–Crippen LogP) is -1.47. The largest absolute Gasteiger partial charge is 0.384 e. The third-order valence-corrected chi connectivity index (χ3v) is 6.62. The summed E-state index contributed by atoms with van der Waals surface area (Å²) in [4.78, 5) is 36.4. The van der Waals surface area contributed by atoms with Gasteiger partial charge in [-0.15, -0.1) is 0 Å². The van der Waals surface area contributed by atoms with E-state index in [0.717, 1.165) is 0 Å². The van der Waals surface area contributed by atoms with Crippen LogP contribution in [0.3, 0.4) is 0 Å². The quantitative estimate of drug-likeness (QED) is 0.134. The lowest BCUT2D eigenvalue weighted by Crippen LogP contribution is -2.34. The maximum absolute atomic E-state index is 11.8. The van der Waals surface area contributed by atoms with Gasteiger partial charge in [0.25, 0.3) is 11.1 Å². The van der Waals surface area contributed by atoms with Crippen molar-refractivity contribution in [2.24, 2.45) is 11.5 Å². The zero-order valence-electron chi connectivity index (χ0n) is 12.5. The maximum atomic E-state index is 11.8. The van der Waals surface area contributed by atoms with Crippen LogP contribution in [0.4, 0.5) is 0 Å². The van der Waals surface area contributed by atoms with Crippen molar-refractivity contribution in [2.75, 3.05) is 13.1 Å². The number of aliphatic hydroxyl groups is 2. The summed E-state index contributed by atoms with van der Waals surface area (Å²) in [6.07, 6.45) is -1.73. The molecule has 0 aliphatic heterocycles. The van der Waals surface area contributed by atoms with Gasteiger partial charge in [0.15, 0.2) is 0 Å². The van der Waals surface area contributed by atoms with E-state index in [1.165, 1.54) is 0 Å². The van der Waals surface area contributed by atoms with E-state index in [0.29, 0.717) is 0 Å². The van der Waals surface area contributed by atoms with E-state index in [-0.39, 0.29) is 25.9 Å². The number of nitrogens with two attached hydrogens (primary N) is 2. The fourth-order valence-corrected chi connectivity index (χ4v) is 4.54. The van der Waals surface area contributed by atoms with Crippen molar-refractivity contribution in [1.29, 1.82) is 0 Å². The van der Waals surface area contributed by atoms with Crippen molar-refractivity contribution >= 4 is 23.4 Å². The molecule has 0 rings (SSSR count). The molecule has 146 valence electrons. The van der Waals surface area contributed by atoms with E-state index in [2.05, 4.69) is 9.05 Å². The molecule has 0 radical (unpaired) electrons. The summed E-state index contributed by atoms with van der Waals surface area (Å²) in [5.74, 6) is 0. The Labute approximate surface area is 138 Å². The predicted molar refractivity (Wildman–Crippen MR) is 81.7 cm³/mol. The molecule has 24 heavy (non-hydrogen) atoms. The molecule has 0 aromatic carbocycles. The summed E-state index contributed by atoms with van der Waals surface area (Å²) in [7, 11) is -14.9. The van der Waals surface area contributed by atoms with Crippen LogP contribution in [-0.4, -0.2) is 53.9 Å². The average molecular weight is 416 g/mol. The lowest BCUT2D eigenvalue weighted by molar-refractivity contribution is -0.124. The molecule has 0 heterocycles. The Bertz CT molecular complexity index is 477. The van der Waals surface area contributed by atoms with E-state index < -0.39 is 47.3 Å². The highest BCUT2D eigenvalue weighted by atomic mass is 31.2. The Morgan fingerprint density at radius 2 is 1.12 bits per heavy atom. The fourth-order valence-electron chi connectivity index (χ4n) is 1.46. The van der Waals surface area contributed by atoms with Gasteiger partial charge in [-0.1, -0.05) is 0 Å². The van der Waals surface area contributed by atoms with E-state index in [9.17, 15) is 23.9 Å². The van der Waals surface area contributed by atoms with Gasteiger partial charge in [-0.2, -0.15) is 0 Å². The molecule has 0 saturated carbocycles. The van der Waals surface area contributed by atoms with Crippen LogP contribution in [0.25, 0.3) is 0 Å². The Morgan fingerprint density at radius 3 is 1.33 bits per heavy atom. The summed E-state index contributed by atoms with van der Waals surface area (Å²) in [5.41, 5.74) is 3.81. The molecule has 0 saturated heterocycles. The fraction of sp³-hybridized carbons (Fsp3) is 1.00. The zero-order chi connectivity index (χ0) is 19.2. The Balaban J connectivity index is 5.30. The van der Waals surface area contributed by atoms with Gasteiger partial charge >= 0.3 is 23.4 Å². The second kappa shape index (κ2) is 9.29. The van der Waals surface area contributed by atoms with Gasteiger partial charge in [0.05, 0.1) is 0 Å². The average Bonchev–Trinajstić information content (AvgIpc) is 2.40. The summed E-state index contributed by atoms with van der Waals surface area (Å²) >= 11 is 0. The third kappa shape index (κ3) is 6.89. The normalized spacial score (nSPS) is 19.5. The van der Waals surface area contributed by atoms with E-state index >= 15 is 0 Å². The van der Waals surface area contributed by atoms with Crippen molar-refractivity contribution in [3.8, 4) is 0 Å². The van der Waals surface area contributed by atoms with Crippen LogP contribution in [0.5, 0.6) is 0 Å². The summed E-state index contributed by atoms with van der Waals surface area (Å²) in [5, 5.41) is 19.7. The molecule has 0 aromatic rings. The molecule has 0 bridgehead atoms. The number of hydrogen-bond donors (Lipinski definition) is 8. The van der Waals surface area contributed by atoms with Crippen LogP contribution in [0.2, 0.25) is 0 Å². The van der Waals surface area contributed by atoms with Gasteiger partial charge in [0.2, 0.25) is 0 Å². The monoisotopic (exact) mass is 416 g/mol. The Morgan fingerprint density at radius 1 is 0.833 bits per heavy atom. The van der Waals surface area contributed by atoms with Crippen molar-refractivity contribution in [3.05, 3.63) is 0 Å². The molecular formula is C8H23N2O11P3. The minimum Gasteiger partial charge on any atom is -0.356 e. The molecule has 16 heteroatoms. The molecule has 0 aliphatic rings. The zero-order valence-corrected chi connectivity index (χ0v) is 15.3. The van der Waals surface area contributed by atoms with E-state index in [1.54, 1.807) is 0 Å². The number of rotatable bonds is 12. The summed E-state index contributed by atoms with van der Waals surface area (Å²) < 4.78 is 43.0. The molecule has 0 amide bonds. The number of hydrogen-bond acceptors (Lipinski definition) is 9. The van der Waals surface area contributed by atoms with Crippen molar-refractivity contribution < 1.29 is 52.5 Å². The van der Waals surface area contributed by atoms with Gasteiger partial charge in [-0.25, -0.2) is 0 Å². The van der Waals surface area contributed by atoms with Gasteiger partial charge < -0.3 is 41.3 Å². The minimum absolute atomic E-state index is 0.0869. The van der Waals surface area contributed by atoms with Gasteiger partial charge in [0.1, 0.15) is 0 Å². The van der Waals surface area contributed by atoms with Crippen LogP contribution >= 0.6 is 23.4 Å². The molecule has 0 spiro atoms. The highest BCUT2D eigenvalue weighted by Crippen LogP contribution is 2.60. The van der Waals surface area contributed by atoms with Crippen LogP contribution in [-0.2, 0) is 22.7 Å². The molecule has 0 aromatic heterocycles. The molecule has 2 unspecified atom stereocenters. The lowest BCUT2D eigenvalue weighted by atomic mass is 10.3. The highest BCUT2D eigenvalue weighted by molar-refractivity contribution is 7.54. The molecule has 2 atom stereocenters. The Hall–Kier alpha value is 0.290. The van der Waals surface area contributed by atoms with Gasteiger partial charge in [0, 0.05) is 12.8 Å². The van der Waals surface area contributed by atoms with Crippen LogP contribution in [0.15, 0.2) is 0 Å². The SMILES string of the molecule is NCCCC(O)(O[PH](=O)OC(O)(CCCN)P(=O)(O)O)P(=O)(O)O. The molecular weight excluding hydrogens is 393 g/mol. The second-order valence-electron chi connectivity index (χ2n) is 4.81. The van der Waals surface area contributed by atoms with Crippen LogP contribution < -0.4 is 11.5 Å². The molecule has 0 aliphatic carbocycles. The molecule has 10 N–H and O–H groups in total. The standard InChI is InChI=1S/C8H23N2O11P3/c9-5-1-3-7(11,23(14,15)16)20-22(13)21-8(12,4-2-6-10)24(17,18)19/h11-12,22H,1-6,9-10H2,(H2,14,15,16)(H2,17,18,19). The first-order valence-corrected chi connectivity index (χ1v) is 11.1. The lowest BCUT2D eigenvalue weighted by Gasteiger charge is -2.31. The van der Waals surface area contributed by atoms with Crippen LogP contribution in [0.1, 0.15) is 25.7 Å². The summed E-state index contributed by atoms with van der Waals surface area (Å²) in [6.45, 7) is -0.174. The van der Waals surface area contributed by atoms with E-state index in [1.807, 2.05) is 0 Å². The van der Waals surface area contributed by atoms with Crippen LogP contribution in [0, 0.1) is 0 Å². The first-order chi connectivity index (χ1) is 10.7. The van der Waals surface area contributed by atoms with Crippen molar-refractivity contribution in [3.63, 3.8) is 0 Å². The molecule has 0 fully saturated rings. The highest BCUT2D eigenvalue weighted by Gasteiger charge is 2.52. The maximum Gasteiger partial charge on any atom is 0.384 e. The second-order valence-corrected chi connectivity index (χ2v) is 9.29. The minimum atomic E-state index is -5.37. The Kier molecular flexibility index (Phi) is 9.40. The van der Waals surface area contributed by atoms with Gasteiger partial charge in [-0.05, 0) is 25.9 Å². The first-order valence-electron chi connectivity index (χ1n) is 6.60. The topological polar surface area (TPSA) is 243 Å². The first kappa shape index (κ1) is 24.3. The molecule has 13 nitrogen and oxygen atoms in total. The van der Waals surface area contributed by atoms with Crippen molar-refractivity contribution in [1.82, 2.24) is 0 Å². The van der Waals surface area contributed by atoms with Crippen molar-refractivity contribution in [2.45, 2.75) is 36.7 Å². The van der Waals surface area contributed by atoms with Gasteiger partial charge in [-0.3, -0.25) is 22.7 Å². The third-order valence-electron chi connectivity index (χ3n) is 2.82. The smallest absolute Gasteiger partial charge is 0.356 e. The van der Waals surface area contributed by atoms with E-state index in [4.69, 9.17) is 31.0 Å². The summed E-state index contributed by atoms with van der Waals surface area (Å²) in [6, 6.07) is 0.